The maximum Gasteiger partial charge on any atom is 0.231 e. The van der Waals surface area contributed by atoms with Crippen LogP contribution in [0, 0.1) is 5.92 Å². The van der Waals surface area contributed by atoms with Crippen molar-refractivity contribution >= 4 is 5.78 Å². The van der Waals surface area contributed by atoms with Gasteiger partial charge in [-0.15, -0.1) is 0 Å². The summed E-state index contributed by atoms with van der Waals surface area (Å²) >= 11 is 0. The molecule has 1 aromatic rings. The first kappa shape index (κ1) is 14.4. The fraction of sp³-hybridized carbons (Fsp3) is 0.562. The fourth-order valence-corrected chi connectivity index (χ4v) is 3.21. The van der Waals surface area contributed by atoms with Gasteiger partial charge in [-0.1, -0.05) is 6.92 Å². The monoisotopic (exact) mass is 290 g/mol. The average molecular weight is 290 g/mol. The summed E-state index contributed by atoms with van der Waals surface area (Å²) in [4.78, 5) is 16.9. The molecule has 0 spiro atoms. The number of hydrogen-bond acceptors (Lipinski definition) is 5. The Morgan fingerprint density at radius 3 is 2.76 bits per heavy atom. The van der Waals surface area contributed by atoms with Crippen LogP contribution in [0.5, 0.6) is 11.5 Å². The minimum absolute atomic E-state index is 0.139. The Morgan fingerprint density at radius 1 is 1.29 bits per heavy atom. The highest BCUT2D eigenvalue weighted by molar-refractivity contribution is 5.98. The van der Waals surface area contributed by atoms with Gasteiger partial charge < -0.3 is 14.4 Å². The molecule has 0 radical (unpaired) electrons. The van der Waals surface area contributed by atoms with Crippen LogP contribution in [0.4, 0.5) is 0 Å². The molecule has 2 atom stereocenters. The largest absolute Gasteiger partial charge is 0.454 e. The number of ether oxygens (including phenoxy) is 2. The number of likely N-dealkylation sites (N-methyl/N-ethyl adjacent to an activating group) is 1. The number of likely N-dealkylation sites (tertiary alicyclic amines) is 1. The Hall–Kier alpha value is -1.59. The van der Waals surface area contributed by atoms with E-state index in [-0.39, 0.29) is 12.6 Å². The second-order valence-corrected chi connectivity index (χ2v) is 6.19. The third-order valence-electron chi connectivity index (χ3n) is 4.37. The number of Topliss-reactive ketones (excluding diaryl/α,β-unsaturated/α-hetero) is 1. The van der Waals surface area contributed by atoms with Gasteiger partial charge in [0.05, 0.1) is 6.54 Å². The van der Waals surface area contributed by atoms with Gasteiger partial charge in [-0.2, -0.15) is 0 Å². The lowest BCUT2D eigenvalue weighted by Gasteiger charge is -2.22. The second-order valence-electron chi connectivity index (χ2n) is 6.19. The molecule has 3 rings (SSSR count). The number of carbonyl (C=O) groups excluding carboxylic acids is 1. The number of nitrogens with zero attached hydrogens (tertiary/aromatic N) is 2. The maximum atomic E-state index is 12.4. The summed E-state index contributed by atoms with van der Waals surface area (Å²) in [7, 11) is 4.20. The average Bonchev–Trinajstić information content (AvgIpc) is 3.04. The van der Waals surface area contributed by atoms with Gasteiger partial charge in [0.15, 0.2) is 17.3 Å². The summed E-state index contributed by atoms with van der Waals surface area (Å²) in [5.41, 5.74) is 0.695. The Labute approximate surface area is 125 Å². The van der Waals surface area contributed by atoms with Crippen LogP contribution in [0.15, 0.2) is 18.2 Å². The highest BCUT2D eigenvalue weighted by Gasteiger charge is 2.32. The van der Waals surface area contributed by atoms with Crippen molar-refractivity contribution in [1.29, 1.82) is 0 Å². The van der Waals surface area contributed by atoms with E-state index in [0.717, 1.165) is 13.1 Å². The lowest BCUT2D eigenvalue weighted by Crippen LogP contribution is -2.35. The maximum absolute atomic E-state index is 12.4. The van der Waals surface area contributed by atoms with Crippen molar-refractivity contribution in [3.63, 3.8) is 0 Å². The number of fused-ring (bicyclic) bond motifs is 1. The minimum Gasteiger partial charge on any atom is -0.454 e. The zero-order valence-corrected chi connectivity index (χ0v) is 12.8. The zero-order valence-electron chi connectivity index (χ0n) is 12.8. The molecule has 0 bridgehead atoms. The summed E-state index contributed by atoms with van der Waals surface area (Å²) in [5, 5.41) is 0. The smallest absolute Gasteiger partial charge is 0.231 e. The third-order valence-corrected chi connectivity index (χ3v) is 4.37. The van der Waals surface area contributed by atoms with E-state index >= 15 is 0 Å². The fourth-order valence-electron chi connectivity index (χ4n) is 3.21. The van der Waals surface area contributed by atoms with Crippen LogP contribution in [0.3, 0.4) is 0 Å². The van der Waals surface area contributed by atoms with Crippen LogP contribution in [0.1, 0.15) is 17.3 Å². The topological polar surface area (TPSA) is 42.0 Å². The van der Waals surface area contributed by atoms with Gasteiger partial charge in [0.2, 0.25) is 6.79 Å². The van der Waals surface area contributed by atoms with Gasteiger partial charge in [-0.3, -0.25) is 9.69 Å². The zero-order chi connectivity index (χ0) is 15.0. The summed E-state index contributed by atoms with van der Waals surface area (Å²) in [6.07, 6.45) is 0. The molecule has 0 amide bonds. The highest BCUT2D eigenvalue weighted by atomic mass is 16.7. The normalized spacial score (nSPS) is 24.8. The molecule has 0 saturated carbocycles. The van der Waals surface area contributed by atoms with Crippen LogP contribution in [-0.2, 0) is 0 Å². The molecule has 2 aliphatic heterocycles. The van der Waals surface area contributed by atoms with Gasteiger partial charge >= 0.3 is 0 Å². The van der Waals surface area contributed by atoms with Crippen LogP contribution in [0.2, 0.25) is 0 Å². The molecular formula is C16H22N2O3. The first-order valence-corrected chi connectivity index (χ1v) is 7.36. The van der Waals surface area contributed by atoms with Crippen molar-refractivity contribution < 1.29 is 14.3 Å². The standard InChI is InChI=1S/C16H22N2O3/c1-11-7-18(8-13(11)17(2)3)9-14(19)12-4-5-15-16(6-12)21-10-20-15/h4-6,11,13H,7-10H2,1-3H3. The summed E-state index contributed by atoms with van der Waals surface area (Å²) in [6, 6.07) is 5.94. The summed E-state index contributed by atoms with van der Waals surface area (Å²) < 4.78 is 10.6. The molecule has 2 aliphatic rings. The van der Waals surface area contributed by atoms with E-state index in [1.54, 1.807) is 6.07 Å². The molecule has 1 saturated heterocycles. The number of hydrogen-bond donors (Lipinski definition) is 0. The number of benzene rings is 1. The minimum atomic E-state index is 0.139. The summed E-state index contributed by atoms with van der Waals surface area (Å²) in [6.45, 7) is 4.87. The van der Waals surface area contributed by atoms with E-state index in [0.29, 0.717) is 35.6 Å². The lowest BCUT2D eigenvalue weighted by atomic mass is 10.1. The quantitative estimate of drug-likeness (QED) is 0.786. The van der Waals surface area contributed by atoms with Crippen molar-refractivity contribution in [2.24, 2.45) is 5.92 Å². The van der Waals surface area contributed by atoms with Crippen molar-refractivity contribution in [2.45, 2.75) is 13.0 Å². The van der Waals surface area contributed by atoms with Gasteiger partial charge in [-0.25, -0.2) is 0 Å². The molecule has 1 aromatic carbocycles. The molecule has 114 valence electrons. The van der Waals surface area contributed by atoms with Crippen molar-refractivity contribution in [1.82, 2.24) is 9.80 Å². The van der Waals surface area contributed by atoms with Crippen molar-refractivity contribution in [3.8, 4) is 11.5 Å². The van der Waals surface area contributed by atoms with Crippen molar-refractivity contribution in [2.75, 3.05) is 40.5 Å². The van der Waals surface area contributed by atoms with E-state index < -0.39 is 0 Å². The van der Waals surface area contributed by atoms with Gasteiger partial charge in [0, 0.05) is 24.7 Å². The number of rotatable bonds is 4. The molecular weight excluding hydrogens is 268 g/mol. The molecule has 0 aliphatic carbocycles. The van der Waals surface area contributed by atoms with Crippen LogP contribution < -0.4 is 9.47 Å². The van der Waals surface area contributed by atoms with Crippen LogP contribution in [-0.4, -0.2) is 62.1 Å². The first-order chi connectivity index (χ1) is 10.0. The van der Waals surface area contributed by atoms with Gasteiger partial charge in [-0.05, 0) is 38.2 Å². The van der Waals surface area contributed by atoms with Crippen LogP contribution >= 0.6 is 0 Å². The highest BCUT2D eigenvalue weighted by Crippen LogP contribution is 2.32. The molecule has 2 unspecified atom stereocenters. The van der Waals surface area contributed by atoms with E-state index in [1.807, 2.05) is 12.1 Å². The van der Waals surface area contributed by atoms with E-state index in [2.05, 4.69) is 30.8 Å². The molecule has 5 heteroatoms. The summed E-state index contributed by atoms with van der Waals surface area (Å²) in [5.74, 6) is 2.11. The van der Waals surface area contributed by atoms with E-state index in [1.165, 1.54) is 0 Å². The second kappa shape index (κ2) is 5.66. The van der Waals surface area contributed by atoms with E-state index in [4.69, 9.17) is 9.47 Å². The van der Waals surface area contributed by atoms with Gasteiger partial charge in [0.25, 0.3) is 0 Å². The van der Waals surface area contributed by atoms with Crippen molar-refractivity contribution in [3.05, 3.63) is 23.8 Å². The molecule has 5 nitrogen and oxygen atoms in total. The molecule has 21 heavy (non-hydrogen) atoms. The van der Waals surface area contributed by atoms with Crippen LogP contribution in [0.25, 0.3) is 0 Å². The lowest BCUT2D eigenvalue weighted by molar-refractivity contribution is 0.0940. The Kier molecular flexibility index (Phi) is 3.87. The predicted molar refractivity (Wildman–Crippen MR) is 80.0 cm³/mol. The Bertz CT molecular complexity index is 544. The Balaban J connectivity index is 1.64. The SMILES string of the molecule is CC1CN(CC(=O)c2ccc3c(c2)OCO3)CC1N(C)C. The predicted octanol–water partition coefficient (Wildman–Crippen LogP) is 1.48. The molecule has 2 heterocycles. The van der Waals surface area contributed by atoms with E-state index in [9.17, 15) is 4.79 Å². The first-order valence-electron chi connectivity index (χ1n) is 7.36. The molecule has 0 N–H and O–H groups in total. The van der Waals surface area contributed by atoms with Gasteiger partial charge in [0.1, 0.15) is 0 Å². The Morgan fingerprint density at radius 2 is 2.05 bits per heavy atom. The number of carbonyl (C=O) groups is 1. The number of ketones is 1. The third kappa shape index (κ3) is 2.89. The molecule has 0 aromatic heterocycles. The molecule has 1 fully saturated rings.